The molecule has 0 atom stereocenters. The highest BCUT2D eigenvalue weighted by molar-refractivity contribution is 6.13. The van der Waals surface area contributed by atoms with Gasteiger partial charge < -0.3 is 9.88 Å². The maximum atomic E-state index is 14.0. The number of hydrogen-bond acceptors (Lipinski definition) is 4. The van der Waals surface area contributed by atoms with E-state index in [4.69, 9.17) is 0 Å². The number of aromatic nitrogens is 1. The minimum absolute atomic E-state index is 0.0363. The van der Waals surface area contributed by atoms with Crippen LogP contribution in [0.15, 0.2) is 53.3 Å². The summed E-state index contributed by atoms with van der Waals surface area (Å²) in [6.45, 7) is 5.84. The van der Waals surface area contributed by atoms with E-state index in [1.54, 1.807) is 42.2 Å². The van der Waals surface area contributed by atoms with Crippen molar-refractivity contribution in [1.29, 1.82) is 5.26 Å². The summed E-state index contributed by atoms with van der Waals surface area (Å²) in [5.74, 6) is -0.534. The maximum Gasteiger partial charge on any atom is 0.261 e. The fourth-order valence-electron chi connectivity index (χ4n) is 3.92. The van der Waals surface area contributed by atoms with Crippen LogP contribution < -0.4 is 15.4 Å². The first-order chi connectivity index (χ1) is 14.8. The number of H-pyrrole nitrogens is 1. The number of nitrogens with one attached hydrogen (secondary N) is 1. The Balaban J connectivity index is 1.94. The molecule has 3 aromatic rings. The number of aromatic amines is 1. The Labute approximate surface area is 179 Å². The third-order valence-corrected chi connectivity index (χ3v) is 5.46. The minimum Gasteiger partial charge on any atom is -0.324 e. The van der Waals surface area contributed by atoms with Crippen LogP contribution in [0.3, 0.4) is 0 Å². The first kappa shape index (κ1) is 20.4. The molecule has 4 rings (SSSR count). The number of anilines is 3. The predicted molar refractivity (Wildman–Crippen MR) is 117 cm³/mol. The van der Waals surface area contributed by atoms with Crippen molar-refractivity contribution in [2.24, 2.45) is 0 Å². The van der Waals surface area contributed by atoms with Crippen LogP contribution in [-0.2, 0) is 0 Å². The third-order valence-electron chi connectivity index (χ3n) is 5.46. The van der Waals surface area contributed by atoms with Crippen LogP contribution >= 0.6 is 0 Å². The number of halogens is 1. The van der Waals surface area contributed by atoms with Crippen molar-refractivity contribution < 1.29 is 9.18 Å². The molecule has 6 nitrogen and oxygen atoms in total. The van der Waals surface area contributed by atoms with Crippen molar-refractivity contribution in [2.45, 2.75) is 26.7 Å². The van der Waals surface area contributed by atoms with Gasteiger partial charge in [-0.3, -0.25) is 14.5 Å². The molecule has 0 radical (unpaired) electrons. The lowest BCUT2D eigenvalue weighted by molar-refractivity contribution is 0.0983. The number of hydrogen-bond donors (Lipinski definition) is 1. The van der Waals surface area contributed by atoms with Crippen molar-refractivity contribution in [3.8, 4) is 6.07 Å². The van der Waals surface area contributed by atoms with Gasteiger partial charge in [0.15, 0.2) is 0 Å². The molecule has 31 heavy (non-hydrogen) atoms. The van der Waals surface area contributed by atoms with Gasteiger partial charge in [0.05, 0.1) is 28.6 Å². The predicted octanol–water partition coefficient (Wildman–Crippen LogP) is 4.57. The average molecular weight is 416 g/mol. The lowest BCUT2D eigenvalue weighted by Gasteiger charge is -2.39. The molecule has 1 aromatic heterocycles. The van der Waals surface area contributed by atoms with E-state index in [0.29, 0.717) is 28.2 Å². The number of rotatable bonds is 3. The number of amides is 1. The Morgan fingerprint density at radius 3 is 2.42 bits per heavy atom. The SMILES string of the molecule is Cc1[nH]c(=O)ccc1N1CN(c2ccc(F)cc2C(C)C)c2cc(C#N)ccc2C1=O. The molecule has 156 valence electrons. The molecule has 0 fully saturated rings. The number of nitriles is 1. The molecule has 1 amide bonds. The van der Waals surface area contributed by atoms with Crippen LogP contribution in [0.1, 0.15) is 46.9 Å². The summed E-state index contributed by atoms with van der Waals surface area (Å²) in [6.07, 6.45) is 0. The Morgan fingerprint density at radius 2 is 1.74 bits per heavy atom. The fraction of sp³-hybridized carbons (Fsp3) is 0.208. The van der Waals surface area contributed by atoms with Gasteiger partial charge in [-0.25, -0.2) is 4.39 Å². The van der Waals surface area contributed by atoms with Crippen LogP contribution in [0.25, 0.3) is 0 Å². The minimum atomic E-state index is -0.333. The second kappa shape index (κ2) is 7.73. The van der Waals surface area contributed by atoms with Crippen molar-refractivity contribution in [2.75, 3.05) is 16.5 Å². The zero-order valence-corrected chi connectivity index (χ0v) is 17.4. The quantitative estimate of drug-likeness (QED) is 0.678. The lowest BCUT2D eigenvalue weighted by atomic mass is 9.97. The van der Waals surface area contributed by atoms with E-state index in [1.165, 1.54) is 18.2 Å². The summed E-state index contributed by atoms with van der Waals surface area (Å²) in [4.78, 5) is 31.3. The molecule has 0 saturated carbocycles. The Kier molecular flexibility index (Phi) is 5.07. The summed E-state index contributed by atoms with van der Waals surface area (Å²) < 4.78 is 14.0. The van der Waals surface area contributed by atoms with E-state index in [9.17, 15) is 19.2 Å². The number of carbonyl (C=O) groups excluding carboxylic acids is 1. The molecule has 0 bridgehead atoms. The van der Waals surface area contributed by atoms with Gasteiger partial charge in [0.1, 0.15) is 12.5 Å². The Morgan fingerprint density at radius 1 is 1.00 bits per heavy atom. The van der Waals surface area contributed by atoms with E-state index in [0.717, 1.165) is 11.3 Å². The highest BCUT2D eigenvalue weighted by Gasteiger charge is 2.33. The molecule has 7 heteroatoms. The number of benzene rings is 2. The van der Waals surface area contributed by atoms with Gasteiger partial charge in [-0.2, -0.15) is 5.26 Å². The average Bonchev–Trinajstić information content (AvgIpc) is 2.74. The Bertz CT molecular complexity index is 1290. The monoisotopic (exact) mass is 416 g/mol. The van der Waals surface area contributed by atoms with E-state index in [2.05, 4.69) is 11.1 Å². The molecule has 0 unspecified atom stereocenters. The largest absolute Gasteiger partial charge is 0.324 e. The van der Waals surface area contributed by atoms with Crippen LogP contribution in [0.5, 0.6) is 0 Å². The lowest BCUT2D eigenvalue weighted by Crippen LogP contribution is -2.45. The van der Waals surface area contributed by atoms with Gasteiger partial charge in [0.2, 0.25) is 5.56 Å². The molecule has 2 heterocycles. The summed E-state index contributed by atoms with van der Waals surface area (Å²) in [5.41, 5.74) is 3.90. The fourth-order valence-corrected chi connectivity index (χ4v) is 3.92. The van der Waals surface area contributed by atoms with E-state index < -0.39 is 0 Å². The number of fused-ring (bicyclic) bond motifs is 1. The van der Waals surface area contributed by atoms with Crippen LogP contribution in [0, 0.1) is 24.1 Å². The molecular weight excluding hydrogens is 395 g/mol. The first-order valence-electron chi connectivity index (χ1n) is 9.93. The second-order valence-corrected chi connectivity index (χ2v) is 7.84. The summed E-state index contributed by atoms with van der Waals surface area (Å²) in [6, 6.07) is 14.6. The number of pyridine rings is 1. The van der Waals surface area contributed by atoms with Crippen molar-refractivity contribution in [3.63, 3.8) is 0 Å². The van der Waals surface area contributed by atoms with Crippen LogP contribution in [0.4, 0.5) is 21.5 Å². The first-order valence-corrected chi connectivity index (χ1v) is 9.93. The summed E-state index contributed by atoms with van der Waals surface area (Å²) in [7, 11) is 0. The number of aryl methyl sites for hydroxylation is 1. The second-order valence-electron chi connectivity index (χ2n) is 7.84. The molecule has 1 aliphatic rings. The normalized spacial score (nSPS) is 13.4. The Hall–Kier alpha value is -3.92. The molecule has 1 aliphatic heterocycles. The smallest absolute Gasteiger partial charge is 0.261 e. The van der Waals surface area contributed by atoms with Gasteiger partial charge in [-0.05, 0) is 60.9 Å². The van der Waals surface area contributed by atoms with Crippen molar-refractivity contribution >= 4 is 23.0 Å². The zero-order chi connectivity index (χ0) is 22.3. The van der Waals surface area contributed by atoms with Crippen LogP contribution in [-0.4, -0.2) is 17.6 Å². The highest BCUT2D eigenvalue weighted by Crippen LogP contribution is 2.40. The van der Waals surface area contributed by atoms with Crippen molar-refractivity contribution in [1.82, 2.24) is 4.98 Å². The van der Waals surface area contributed by atoms with Gasteiger partial charge in [0, 0.05) is 17.4 Å². The summed E-state index contributed by atoms with van der Waals surface area (Å²) in [5, 5.41) is 9.39. The van der Waals surface area contributed by atoms with Gasteiger partial charge in [-0.1, -0.05) is 13.8 Å². The maximum absolute atomic E-state index is 14.0. The number of carbonyl (C=O) groups is 1. The van der Waals surface area contributed by atoms with Gasteiger partial charge >= 0.3 is 0 Å². The molecular formula is C24H21FN4O2. The van der Waals surface area contributed by atoms with E-state index >= 15 is 0 Å². The molecule has 0 aliphatic carbocycles. The van der Waals surface area contributed by atoms with E-state index in [-0.39, 0.29) is 29.9 Å². The molecule has 0 saturated heterocycles. The molecule has 1 N–H and O–H groups in total. The standard InChI is InChI=1S/C24H21FN4O2/c1-14(2)19-11-17(25)5-7-21(19)28-13-29(20-8-9-23(30)27-15(20)3)24(31)18-6-4-16(12-26)10-22(18)28/h4-11,14H,13H2,1-3H3,(H,27,30). The van der Waals surface area contributed by atoms with Gasteiger partial charge in [-0.15, -0.1) is 0 Å². The van der Waals surface area contributed by atoms with Crippen LogP contribution in [0.2, 0.25) is 0 Å². The summed E-state index contributed by atoms with van der Waals surface area (Å²) >= 11 is 0. The topological polar surface area (TPSA) is 80.2 Å². The molecule has 0 spiro atoms. The van der Waals surface area contributed by atoms with E-state index in [1.807, 2.05) is 18.7 Å². The van der Waals surface area contributed by atoms with Crippen molar-refractivity contribution in [3.05, 3.63) is 87.1 Å². The number of nitrogens with zero attached hydrogens (tertiary/aromatic N) is 3. The highest BCUT2D eigenvalue weighted by atomic mass is 19.1. The molecule has 2 aromatic carbocycles. The zero-order valence-electron chi connectivity index (χ0n) is 17.4. The third kappa shape index (κ3) is 3.57. The van der Waals surface area contributed by atoms with Gasteiger partial charge in [0.25, 0.3) is 5.91 Å².